The van der Waals surface area contributed by atoms with Gasteiger partial charge in [0, 0.05) is 24.9 Å². The molecular weight excluding hydrogens is 517 g/mol. The Morgan fingerprint density at radius 1 is 1.18 bits per heavy atom. The number of hydrogen-bond acceptors (Lipinski definition) is 5. The number of piperidine rings is 3. The average molecular weight is 550 g/mol. The number of halogens is 5. The van der Waals surface area contributed by atoms with Crippen LogP contribution >= 0.6 is 0 Å². The molecule has 3 heterocycles. The van der Waals surface area contributed by atoms with Gasteiger partial charge in [0.15, 0.2) is 0 Å². The third-order valence-electron chi connectivity index (χ3n) is 7.42. The maximum absolute atomic E-state index is 14.9. The van der Waals surface area contributed by atoms with Gasteiger partial charge in [-0.1, -0.05) is 13.8 Å². The number of rotatable bonds is 8. The highest BCUT2D eigenvalue weighted by Crippen LogP contribution is 2.49. The van der Waals surface area contributed by atoms with Crippen molar-refractivity contribution in [3.63, 3.8) is 0 Å². The summed E-state index contributed by atoms with van der Waals surface area (Å²) in [5.74, 6) is -10.6. The van der Waals surface area contributed by atoms with E-state index in [0.717, 1.165) is 4.90 Å². The lowest BCUT2D eigenvalue weighted by Crippen LogP contribution is -2.71. The summed E-state index contributed by atoms with van der Waals surface area (Å²) in [6.07, 6.45) is -5.15. The summed E-state index contributed by atoms with van der Waals surface area (Å²) in [5.41, 5.74) is 0. The van der Waals surface area contributed by atoms with Gasteiger partial charge in [-0.25, -0.2) is 8.78 Å². The Morgan fingerprint density at radius 3 is 2.42 bits per heavy atom. The van der Waals surface area contributed by atoms with Crippen molar-refractivity contribution >= 4 is 23.6 Å². The normalized spacial score (nSPS) is 28.2. The van der Waals surface area contributed by atoms with E-state index in [9.17, 15) is 46.4 Å². The Bertz CT molecular complexity index is 982. The van der Waals surface area contributed by atoms with Crippen LogP contribution in [0.5, 0.6) is 0 Å². The number of alkyl halides is 5. The highest BCUT2D eigenvalue weighted by molar-refractivity contribution is 5.94. The zero-order chi connectivity index (χ0) is 28.4. The van der Waals surface area contributed by atoms with E-state index in [0.29, 0.717) is 19.4 Å². The summed E-state index contributed by atoms with van der Waals surface area (Å²) in [6, 6.07) is -3.93. The Kier molecular flexibility index (Phi) is 8.88. The molecule has 9 nitrogen and oxygen atoms in total. The molecule has 4 amide bonds. The first kappa shape index (κ1) is 29.6. The van der Waals surface area contributed by atoms with Crippen molar-refractivity contribution < 1.29 is 41.1 Å². The maximum Gasteiger partial charge on any atom is 0.471 e. The predicted molar refractivity (Wildman–Crippen MR) is 122 cm³/mol. The minimum atomic E-state index is -5.27. The Balaban J connectivity index is 1.87. The fourth-order valence-corrected chi connectivity index (χ4v) is 5.68. The van der Waals surface area contributed by atoms with Crippen molar-refractivity contribution in [2.45, 2.75) is 95.1 Å². The van der Waals surface area contributed by atoms with Gasteiger partial charge in [-0.3, -0.25) is 19.2 Å². The molecule has 4 aliphatic rings. The van der Waals surface area contributed by atoms with Crippen molar-refractivity contribution in [2.75, 3.05) is 6.54 Å². The molecule has 0 aromatic heterocycles. The summed E-state index contributed by atoms with van der Waals surface area (Å²) in [6.45, 7) is 3.71. The molecule has 2 bridgehead atoms. The van der Waals surface area contributed by atoms with Crippen LogP contribution in [0.2, 0.25) is 0 Å². The van der Waals surface area contributed by atoms with Gasteiger partial charge in [-0.2, -0.15) is 18.4 Å². The van der Waals surface area contributed by atoms with E-state index < -0.39 is 72.2 Å². The molecule has 1 saturated carbocycles. The van der Waals surface area contributed by atoms with Gasteiger partial charge in [-0.05, 0) is 44.4 Å². The third-order valence-corrected chi connectivity index (χ3v) is 7.42. The standard InChI is InChI=1S/C24H32F5N5O4/c1-12(2)8-17(33-22(38)24(27,28)29)21(37)34-15-5-6-16(23(25,26)10-15)18(34)20(36)32-14(11-30)9-13-4-3-7-31-19(13)35/h12-18H,3-10H2,1-2H3,(H,31,35)(H,32,36)(H,33,38)/t13-,14+,15-,16-,17-,18+/m1/s1. The fourth-order valence-electron chi connectivity index (χ4n) is 5.68. The summed E-state index contributed by atoms with van der Waals surface area (Å²) >= 11 is 0. The maximum atomic E-state index is 14.9. The van der Waals surface area contributed by atoms with Crippen LogP contribution in [-0.4, -0.2) is 71.3 Å². The van der Waals surface area contributed by atoms with Gasteiger partial charge < -0.3 is 20.9 Å². The Hall–Kier alpha value is -2.98. The van der Waals surface area contributed by atoms with Gasteiger partial charge in [0.05, 0.1) is 12.0 Å². The number of nitriles is 1. The zero-order valence-electron chi connectivity index (χ0n) is 21.1. The van der Waals surface area contributed by atoms with E-state index in [1.165, 1.54) is 0 Å². The average Bonchev–Trinajstić information content (AvgIpc) is 2.82. The topological polar surface area (TPSA) is 131 Å². The number of hydrogen-bond donors (Lipinski definition) is 3. The molecule has 212 valence electrons. The van der Waals surface area contributed by atoms with E-state index in [-0.39, 0.29) is 37.5 Å². The lowest BCUT2D eigenvalue weighted by atomic mass is 9.71. The molecule has 0 aromatic rings. The first-order valence-electron chi connectivity index (χ1n) is 12.7. The molecule has 0 aromatic carbocycles. The molecular formula is C24H32F5N5O4. The second-order valence-electron chi connectivity index (χ2n) is 10.7. The van der Waals surface area contributed by atoms with E-state index in [1.807, 2.05) is 6.07 Å². The van der Waals surface area contributed by atoms with E-state index in [1.54, 1.807) is 19.2 Å². The molecule has 0 unspecified atom stereocenters. The van der Waals surface area contributed by atoms with Crippen molar-refractivity contribution in [1.29, 1.82) is 5.26 Å². The largest absolute Gasteiger partial charge is 0.471 e. The van der Waals surface area contributed by atoms with Crippen LogP contribution < -0.4 is 16.0 Å². The summed E-state index contributed by atoms with van der Waals surface area (Å²) in [4.78, 5) is 51.5. The molecule has 4 fully saturated rings. The quantitative estimate of drug-likeness (QED) is 0.399. The van der Waals surface area contributed by atoms with Gasteiger partial charge in [-0.15, -0.1) is 0 Å². The smallest absolute Gasteiger partial charge is 0.356 e. The van der Waals surface area contributed by atoms with Gasteiger partial charge in [0.1, 0.15) is 18.1 Å². The molecule has 4 rings (SSSR count). The lowest BCUT2D eigenvalue weighted by molar-refractivity contribution is -0.196. The van der Waals surface area contributed by atoms with Gasteiger partial charge in [0.25, 0.3) is 5.92 Å². The van der Waals surface area contributed by atoms with E-state index in [2.05, 4.69) is 10.6 Å². The SMILES string of the molecule is CC(C)C[C@@H](NC(=O)C(F)(F)F)C(=O)N1[C@@H]2CC[C@H]([C@H]1C(=O)N[C@H](C#N)C[C@H]1CCCNC1=O)C(F)(F)C2. The third kappa shape index (κ3) is 6.53. The van der Waals surface area contributed by atoms with Crippen molar-refractivity contribution in [1.82, 2.24) is 20.9 Å². The monoisotopic (exact) mass is 549 g/mol. The van der Waals surface area contributed by atoms with Crippen LogP contribution in [0.1, 0.15) is 58.8 Å². The van der Waals surface area contributed by atoms with Crippen LogP contribution in [-0.2, 0) is 19.2 Å². The molecule has 3 saturated heterocycles. The first-order chi connectivity index (χ1) is 17.7. The lowest BCUT2D eigenvalue weighted by Gasteiger charge is -2.54. The van der Waals surface area contributed by atoms with Crippen LogP contribution in [0.3, 0.4) is 0 Å². The van der Waals surface area contributed by atoms with Gasteiger partial charge >= 0.3 is 12.1 Å². The van der Waals surface area contributed by atoms with E-state index in [4.69, 9.17) is 0 Å². The fraction of sp³-hybridized carbons (Fsp3) is 0.792. The number of nitrogens with one attached hydrogen (secondary N) is 3. The minimum Gasteiger partial charge on any atom is -0.356 e. The summed E-state index contributed by atoms with van der Waals surface area (Å²) in [7, 11) is 0. The van der Waals surface area contributed by atoms with Crippen molar-refractivity contribution in [3.05, 3.63) is 0 Å². The molecule has 0 spiro atoms. The predicted octanol–water partition coefficient (Wildman–Crippen LogP) is 2.02. The molecule has 0 radical (unpaired) electrons. The molecule has 14 heteroatoms. The van der Waals surface area contributed by atoms with Gasteiger partial charge in [0.2, 0.25) is 17.7 Å². The summed E-state index contributed by atoms with van der Waals surface area (Å²) < 4.78 is 68.7. The Labute approximate surface area is 216 Å². The molecule has 6 atom stereocenters. The number of fused-ring (bicyclic) bond motifs is 3. The van der Waals surface area contributed by atoms with Crippen LogP contribution in [0.15, 0.2) is 0 Å². The minimum absolute atomic E-state index is 0.0587. The highest BCUT2D eigenvalue weighted by Gasteiger charge is 2.61. The van der Waals surface area contributed by atoms with E-state index >= 15 is 0 Å². The number of amides is 4. The number of nitrogens with zero attached hydrogens (tertiary/aromatic N) is 2. The van der Waals surface area contributed by atoms with Crippen molar-refractivity contribution in [2.24, 2.45) is 17.8 Å². The summed E-state index contributed by atoms with van der Waals surface area (Å²) in [5, 5.41) is 16.3. The number of carbonyl (C=O) groups is 4. The van der Waals surface area contributed by atoms with Crippen molar-refractivity contribution in [3.8, 4) is 6.07 Å². The molecule has 3 aliphatic heterocycles. The second-order valence-corrected chi connectivity index (χ2v) is 10.7. The zero-order valence-corrected chi connectivity index (χ0v) is 21.1. The van der Waals surface area contributed by atoms with Crippen LogP contribution in [0, 0.1) is 29.1 Å². The molecule has 38 heavy (non-hydrogen) atoms. The number of carbonyl (C=O) groups excluding carboxylic acids is 4. The first-order valence-corrected chi connectivity index (χ1v) is 12.7. The molecule has 1 aliphatic carbocycles. The molecule has 3 N–H and O–H groups in total. The highest BCUT2D eigenvalue weighted by atomic mass is 19.4. The van der Waals surface area contributed by atoms with Crippen LogP contribution in [0.4, 0.5) is 22.0 Å². The van der Waals surface area contributed by atoms with Crippen LogP contribution in [0.25, 0.3) is 0 Å². The Morgan fingerprint density at radius 2 is 1.87 bits per heavy atom. The second kappa shape index (κ2) is 11.4.